The summed E-state index contributed by atoms with van der Waals surface area (Å²) in [6.45, 7) is 2.12. The average Bonchev–Trinajstić information content (AvgIpc) is 2.97. The molecule has 8 heteroatoms. The van der Waals surface area contributed by atoms with Crippen molar-refractivity contribution in [2.75, 3.05) is 37.0 Å². The van der Waals surface area contributed by atoms with Crippen molar-refractivity contribution >= 4 is 46.5 Å². The number of aromatic nitrogens is 2. The molecule has 0 saturated carbocycles. The molecule has 3 aliphatic heterocycles. The quantitative estimate of drug-likeness (QED) is 0.280. The normalized spacial score (nSPS) is 21.4. The highest BCUT2D eigenvalue weighted by Gasteiger charge is 2.38. The van der Waals surface area contributed by atoms with E-state index in [-0.39, 0.29) is 17.0 Å². The molecule has 0 aliphatic carbocycles. The average molecular weight is 647 g/mol. The van der Waals surface area contributed by atoms with Gasteiger partial charge < -0.3 is 31.3 Å². The van der Waals surface area contributed by atoms with Crippen molar-refractivity contribution < 1.29 is 21.5 Å². The number of fused-ring (bicyclic) bond motifs is 4. The van der Waals surface area contributed by atoms with Gasteiger partial charge in [0.25, 0.3) is 0 Å². The van der Waals surface area contributed by atoms with Gasteiger partial charge in [0.1, 0.15) is 11.6 Å². The maximum Gasteiger partial charge on any atom is 0.147 e. The van der Waals surface area contributed by atoms with E-state index in [1.165, 1.54) is 63.1 Å². The maximum absolute atomic E-state index is 4.94. The molecule has 41 heavy (non-hydrogen) atoms. The van der Waals surface area contributed by atoms with Gasteiger partial charge in [-0.05, 0) is 61.4 Å². The van der Waals surface area contributed by atoms with Gasteiger partial charge in [0, 0.05) is 22.2 Å². The number of hydrogen-bond donors (Lipinski definition) is 0. The van der Waals surface area contributed by atoms with Gasteiger partial charge in [0.2, 0.25) is 0 Å². The lowest BCUT2D eigenvalue weighted by atomic mass is 9.97. The topological polar surface area (TPSA) is 32.3 Å². The molecule has 5 heterocycles. The van der Waals surface area contributed by atoms with E-state index in [0.29, 0.717) is 12.1 Å². The van der Waals surface area contributed by atoms with Crippen LogP contribution in [0.15, 0.2) is 105 Å². The SMILES string of the molecule is C[N+]1(C)CC(N2c3ccccc3Sc3cccnc32)CCCCCC(N2c3ccccc3Sc3cccnc32)C1.[Br-]. The van der Waals surface area contributed by atoms with Crippen molar-refractivity contribution in [3.05, 3.63) is 85.2 Å². The van der Waals surface area contributed by atoms with Crippen LogP contribution >= 0.6 is 23.5 Å². The molecule has 1 fully saturated rings. The first-order chi connectivity index (χ1) is 19.6. The van der Waals surface area contributed by atoms with E-state index in [4.69, 9.17) is 9.97 Å². The van der Waals surface area contributed by atoms with Crippen molar-refractivity contribution in [3.8, 4) is 0 Å². The van der Waals surface area contributed by atoms with Gasteiger partial charge in [0.15, 0.2) is 0 Å². The number of quaternary nitrogens is 1. The van der Waals surface area contributed by atoms with Gasteiger partial charge in [-0.3, -0.25) is 0 Å². The van der Waals surface area contributed by atoms with Crippen LogP contribution in [0.1, 0.15) is 32.1 Å². The largest absolute Gasteiger partial charge is 1.00 e. The fourth-order valence-corrected chi connectivity index (χ4v) is 8.82. The van der Waals surface area contributed by atoms with E-state index in [2.05, 4.69) is 96.7 Å². The number of nitrogens with zero attached hydrogens (tertiary/aromatic N) is 5. The Labute approximate surface area is 262 Å². The summed E-state index contributed by atoms with van der Waals surface area (Å²) in [5.74, 6) is 2.23. The molecule has 0 spiro atoms. The molecule has 4 aromatic rings. The predicted molar refractivity (Wildman–Crippen MR) is 166 cm³/mol. The molecule has 2 atom stereocenters. The lowest BCUT2D eigenvalue weighted by Crippen LogP contribution is -3.00. The van der Waals surface area contributed by atoms with Crippen LogP contribution in [0, 0.1) is 0 Å². The van der Waals surface area contributed by atoms with E-state index in [0.717, 1.165) is 29.2 Å². The molecule has 0 amide bonds. The molecule has 0 bridgehead atoms. The molecule has 7 rings (SSSR count). The Morgan fingerprint density at radius 3 is 1.54 bits per heavy atom. The zero-order chi connectivity index (χ0) is 27.1. The summed E-state index contributed by atoms with van der Waals surface area (Å²) in [4.78, 5) is 20.2. The Bertz CT molecular complexity index is 1330. The third-order valence-electron chi connectivity index (χ3n) is 8.36. The van der Waals surface area contributed by atoms with Crippen LogP contribution in [0.4, 0.5) is 23.0 Å². The molecular weight excluding hydrogens is 610 g/mol. The van der Waals surface area contributed by atoms with Crippen LogP contribution in [-0.2, 0) is 0 Å². The molecule has 2 aromatic carbocycles. The van der Waals surface area contributed by atoms with Gasteiger partial charge >= 0.3 is 0 Å². The highest BCUT2D eigenvalue weighted by Crippen LogP contribution is 2.50. The number of pyridine rings is 2. The standard InChI is InChI=1S/C33H36N5S2.BrH/c1-38(2)22-24(36-26-14-6-8-16-28(26)39-30-18-10-20-34-32(30)36)12-4-3-5-13-25(23-38)37-27-15-7-9-17-29(27)40-31-19-11-21-35-33(31)37;/h6-11,14-21,24-25H,3-5,12-13,22-23H2,1-2H3;1H/q+1;/p-1. The molecule has 0 N–H and O–H groups in total. The number of halogens is 1. The Balaban J connectivity index is 0.00000302. The maximum atomic E-state index is 4.94. The second-order valence-corrected chi connectivity index (χ2v) is 13.9. The second-order valence-electron chi connectivity index (χ2n) is 11.8. The van der Waals surface area contributed by atoms with Crippen LogP contribution in [-0.4, -0.2) is 53.7 Å². The summed E-state index contributed by atoms with van der Waals surface area (Å²) in [6, 6.07) is 27.1. The Kier molecular flexibility index (Phi) is 8.37. The van der Waals surface area contributed by atoms with Crippen molar-refractivity contribution in [1.29, 1.82) is 0 Å². The van der Waals surface area contributed by atoms with Crippen LogP contribution in [0.3, 0.4) is 0 Å². The molecule has 212 valence electrons. The van der Waals surface area contributed by atoms with E-state index in [1.807, 2.05) is 35.9 Å². The monoisotopic (exact) mass is 645 g/mol. The number of benzene rings is 2. The minimum atomic E-state index is 0. The van der Waals surface area contributed by atoms with E-state index in [9.17, 15) is 0 Å². The fourth-order valence-electron chi connectivity index (χ4n) is 6.73. The van der Waals surface area contributed by atoms with Crippen molar-refractivity contribution in [2.45, 2.75) is 63.8 Å². The van der Waals surface area contributed by atoms with Crippen LogP contribution in [0.25, 0.3) is 0 Å². The number of rotatable bonds is 2. The summed E-state index contributed by atoms with van der Waals surface area (Å²) in [6.07, 6.45) is 9.96. The lowest BCUT2D eigenvalue weighted by molar-refractivity contribution is -0.892. The van der Waals surface area contributed by atoms with Crippen LogP contribution in [0.5, 0.6) is 0 Å². The Morgan fingerprint density at radius 1 is 0.610 bits per heavy atom. The summed E-state index contributed by atoms with van der Waals surface area (Å²) < 4.78 is 0.942. The van der Waals surface area contributed by atoms with E-state index in [1.54, 1.807) is 0 Å². The highest BCUT2D eigenvalue weighted by molar-refractivity contribution is 8.00. The third kappa shape index (κ3) is 5.64. The van der Waals surface area contributed by atoms with Gasteiger partial charge in [0.05, 0.1) is 60.4 Å². The predicted octanol–water partition coefficient (Wildman–Crippen LogP) is 5.16. The minimum Gasteiger partial charge on any atom is -1.00 e. The molecule has 2 unspecified atom stereocenters. The summed E-state index contributed by atoms with van der Waals surface area (Å²) in [5.41, 5.74) is 2.61. The van der Waals surface area contributed by atoms with Gasteiger partial charge in [-0.15, -0.1) is 0 Å². The number of hydrogen-bond acceptors (Lipinski definition) is 6. The summed E-state index contributed by atoms with van der Waals surface area (Å²) in [5, 5.41) is 0. The zero-order valence-corrected chi connectivity index (χ0v) is 26.8. The molecule has 0 radical (unpaired) electrons. The van der Waals surface area contributed by atoms with Gasteiger partial charge in [-0.25, -0.2) is 9.97 Å². The van der Waals surface area contributed by atoms with Crippen molar-refractivity contribution in [1.82, 2.24) is 9.97 Å². The number of likely N-dealkylation sites (N-methyl/N-ethyl adjacent to an activating group) is 1. The smallest absolute Gasteiger partial charge is 0.147 e. The summed E-state index contributed by atoms with van der Waals surface area (Å²) >= 11 is 3.70. The lowest BCUT2D eigenvalue weighted by Gasteiger charge is -2.45. The zero-order valence-electron chi connectivity index (χ0n) is 23.6. The highest BCUT2D eigenvalue weighted by atomic mass is 79.9. The Hall–Kier alpha value is -2.52. The van der Waals surface area contributed by atoms with Gasteiger partial charge in [-0.2, -0.15) is 0 Å². The molecule has 5 nitrogen and oxygen atoms in total. The first-order valence-electron chi connectivity index (χ1n) is 14.4. The van der Waals surface area contributed by atoms with Crippen LogP contribution in [0.2, 0.25) is 0 Å². The molecule has 2 aromatic heterocycles. The number of para-hydroxylation sites is 2. The summed E-state index contributed by atoms with van der Waals surface area (Å²) in [7, 11) is 4.85. The van der Waals surface area contributed by atoms with Crippen molar-refractivity contribution in [3.63, 3.8) is 0 Å². The van der Waals surface area contributed by atoms with E-state index < -0.39 is 0 Å². The first kappa shape index (κ1) is 28.6. The van der Waals surface area contributed by atoms with Gasteiger partial charge in [-0.1, -0.05) is 67.1 Å². The fraction of sp³-hybridized carbons (Fsp3) is 0.333. The second kappa shape index (κ2) is 12.0. The Morgan fingerprint density at radius 2 is 1.05 bits per heavy atom. The third-order valence-corrected chi connectivity index (χ3v) is 10.6. The van der Waals surface area contributed by atoms with Crippen molar-refractivity contribution in [2.24, 2.45) is 0 Å². The van der Waals surface area contributed by atoms with E-state index >= 15 is 0 Å². The minimum absolute atomic E-state index is 0. The molecular formula is C33H36BrN5S2. The molecule has 3 aliphatic rings. The number of anilines is 4. The van der Waals surface area contributed by atoms with Crippen LogP contribution < -0.4 is 26.8 Å². The molecule has 1 saturated heterocycles. The first-order valence-corrected chi connectivity index (χ1v) is 16.0.